The standard InChI is InChI=1S/C22H30IN6O3P.C2H6/c1-9-17-15-10-18(25-14(3)19(15)29(26-17)33-23)16-11-24-28(8)20(16)31-13(2)12-27(7)21(30)32-22(4,5)6;1-2/h9-11,13,33H,1,12H2,2-8H3;1-2H3/t13-;/m1./s1. The van der Waals surface area contributed by atoms with Crippen LogP contribution in [0.4, 0.5) is 4.79 Å². The molecule has 0 aliphatic rings. The van der Waals surface area contributed by atoms with Crippen molar-refractivity contribution in [2.24, 2.45) is 7.05 Å². The van der Waals surface area contributed by atoms with Gasteiger partial charge in [-0.2, -0.15) is 10.2 Å². The van der Waals surface area contributed by atoms with Gasteiger partial charge in [-0.25, -0.2) is 13.9 Å². The van der Waals surface area contributed by atoms with Crippen molar-refractivity contribution in [2.45, 2.75) is 60.2 Å². The number of hydrogen-bond acceptors (Lipinski definition) is 6. The third-order valence-corrected chi connectivity index (χ3v) is 6.70. The highest BCUT2D eigenvalue weighted by atomic mass is 127. The van der Waals surface area contributed by atoms with Gasteiger partial charge in [0.1, 0.15) is 11.7 Å². The topological polar surface area (TPSA) is 87.3 Å². The zero-order chi connectivity index (χ0) is 26.5. The second-order valence-corrected chi connectivity index (χ2v) is 10.9. The maximum atomic E-state index is 12.3. The summed E-state index contributed by atoms with van der Waals surface area (Å²) in [5.74, 6) is 0.578. The van der Waals surface area contributed by atoms with E-state index in [-0.39, 0.29) is 6.10 Å². The Bertz CT molecular complexity index is 1180. The first-order valence-electron chi connectivity index (χ1n) is 11.5. The molecule has 3 aromatic heterocycles. The summed E-state index contributed by atoms with van der Waals surface area (Å²) >= 11 is 2.31. The van der Waals surface area contributed by atoms with Gasteiger partial charge in [0.25, 0.3) is 0 Å². The molecule has 35 heavy (non-hydrogen) atoms. The van der Waals surface area contributed by atoms with Gasteiger partial charge in [0, 0.05) is 19.5 Å². The summed E-state index contributed by atoms with van der Waals surface area (Å²) < 4.78 is 15.3. The number of aryl methyl sites for hydroxylation is 2. The number of fused-ring (bicyclic) bond motifs is 1. The number of halogens is 1. The number of carbonyl (C=O) groups excluding carboxylic acids is 1. The van der Waals surface area contributed by atoms with Gasteiger partial charge in [0.2, 0.25) is 5.88 Å². The van der Waals surface area contributed by atoms with E-state index in [2.05, 4.69) is 38.8 Å². The van der Waals surface area contributed by atoms with Gasteiger partial charge in [-0.15, -0.1) is 0 Å². The number of nitrogens with zero attached hydrogens (tertiary/aromatic N) is 6. The van der Waals surface area contributed by atoms with Crippen molar-refractivity contribution in [1.29, 1.82) is 0 Å². The molecular weight excluding hydrogens is 578 g/mol. The zero-order valence-corrected chi connectivity index (χ0v) is 25.2. The quantitative estimate of drug-likeness (QED) is 0.232. The van der Waals surface area contributed by atoms with Crippen LogP contribution in [0.25, 0.3) is 28.2 Å². The average Bonchev–Trinajstić information content (AvgIpc) is 3.34. The van der Waals surface area contributed by atoms with Crippen LogP contribution < -0.4 is 4.74 Å². The molecule has 11 heteroatoms. The van der Waals surface area contributed by atoms with Crippen LogP contribution in [0.2, 0.25) is 0 Å². The van der Waals surface area contributed by atoms with Crippen LogP contribution in [0.3, 0.4) is 0 Å². The fourth-order valence-corrected chi connectivity index (χ4v) is 5.02. The molecule has 2 atom stereocenters. The number of rotatable bonds is 7. The SMILES string of the molecule is C=Cc1nn(PI)c2c(C)nc(-c3cnn(C)c3O[C@H](C)CN(C)C(=O)OC(C)(C)C)cc12.CC. The van der Waals surface area contributed by atoms with E-state index in [1.807, 2.05) is 66.0 Å². The van der Waals surface area contributed by atoms with Crippen molar-refractivity contribution in [2.75, 3.05) is 13.6 Å². The van der Waals surface area contributed by atoms with Crippen molar-refractivity contribution in [3.8, 4) is 17.1 Å². The summed E-state index contributed by atoms with van der Waals surface area (Å²) in [6.45, 7) is 17.7. The molecule has 3 heterocycles. The van der Waals surface area contributed by atoms with Crippen molar-refractivity contribution >= 4 is 51.5 Å². The zero-order valence-electron chi connectivity index (χ0n) is 22.0. The van der Waals surface area contributed by atoms with Gasteiger partial charge in [-0.1, -0.05) is 20.4 Å². The van der Waals surface area contributed by atoms with E-state index in [4.69, 9.17) is 14.5 Å². The average molecular weight is 614 g/mol. The second kappa shape index (κ2) is 12.2. The summed E-state index contributed by atoms with van der Waals surface area (Å²) in [7, 11) is 3.51. The van der Waals surface area contributed by atoms with Crippen molar-refractivity contribution < 1.29 is 14.3 Å². The molecule has 0 spiro atoms. The number of carbonyl (C=O) groups is 1. The molecule has 0 saturated heterocycles. The normalized spacial score (nSPS) is 12.4. The minimum absolute atomic E-state index is 0.298. The molecule has 1 unspecified atom stereocenters. The van der Waals surface area contributed by atoms with Crippen LogP contribution in [0.15, 0.2) is 18.8 Å². The van der Waals surface area contributed by atoms with E-state index in [9.17, 15) is 4.79 Å². The Labute approximate surface area is 222 Å². The highest BCUT2D eigenvalue weighted by Gasteiger charge is 2.23. The van der Waals surface area contributed by atoms with E-state index in [1.165, 1.54) is 4.90 Å². The van der Waals surface area contributed by atoms with Gasteiger partial charge in [-0.3, -0.25) is 4.98 Å². The van der Waals surface area contributed by atoms with Gasteiger partial charge in [0.15, 0.2) is 0 Å². The third kappa shape index (κ3) is 6.94. The Morgan fingerprint density at radius 2 is 2.03 bits per heavy atom. The summed E-state index contributed by atoms with van der Waals surface area (Å²) in [5, 5.41) is 10.0. The lowest BCUT2D eigenvalue weighted by Gasteiger charge is -2.26. The summed E-state index contributed by atoms with van der Waals surface area (Å²) in [4.78, 5) is 18.6. The Kier molecular flexibility index (Phi) is 10.1. The van der Waals surface area contributed by atoms with Gasteiger partial charge in [0.05, 0.1) is 47.3 Å². The Morgan fingerprint density at radius 1 is 1.37 bits per heavy atom. The second-order valence-electron chi connectivity index (χ2n) is 8.85. The van der Waals surface area contributed by atoms with Crippen LogP contribution in [0.1, 0.15) is 52.9 Å². The molecule has 0 aromatic carbocycles. The molecule has 0 fully saturated rings. The van der Waals surface area contributed by atoms with E-state index < -0.39 is 11.7 Å². The molecule has 0 aliphatic heterocycles. The van der Waals surface area contributed by atoms with Crippen LogP contribution in [-0.2, 0) is 11.8 Å². The molecule has 0 aliphatic carbocycles. The molecule has 0 bridgehead atoms. The number of hydrogen-bond donors (Lipinski definition) is 0. The molecule has 9 nitrogen and oxygen atoms in total. The van der Waals surface area contributed by atoms with Crippen LogP contribution in [0.5, 0.6) is 5.88 Å². The fourth-order valence-electron chi connectivity index (χ4n) is 3.46. The fraction of sp³-hybridized carbons (Fsp3) is 0.500. The number of amides is 1. The molecule has 0 N–H and O–H groups in total. The lowest BCUT2D eigenvalue weighted by molar-refractivity contribution is 0.0233. The van der Waals surface area contributed by atoms with Crippen molar-refractivity contribution in [1.82, 2.24) is 29.2 Å². The molecule has 3 rings (SSSR count). The van der Waals surface area contributed by atoms with Gasteiger partial charge < -0.3 is 14.4 Å². The first kappa shape index (κ1) is 29.0. The third-order valence-electron chi connectivity index (χ3n) is 4.85. The molecule has 0 saturated carbocycles. The van der Waals surface area contributed by atoms with E-state index in [0.29, 0.717) is 18.8 Å². The minimum Gasteiger partial charge on any atom is -0.472 e. The lowest BCUT2D eigenvalue weighted by Crippen LogP contribution is -2.39. The largest absolute Gasteiger partial charge is 0.472 e. The molecule has 3 aromatic rings. The smallest absolute Gasteiger partial charge is 0.410 e. The van der Waals surface area contributed by atoms with E-state index in [1.54, 1.807) is 24.0 Å². The van der Waals surface area contributed by atoms with Crippen LogP contribution in [0, 0.1) is 6.92 Å². The Hall–Kier alpha value is -2.20. The first-order chi connectivity index (χ1) is 16.4. The first-order valence-corrected chi connectivity index (χ1v) is 15.5. The van der Waals surface area contributed by atoms with E-state index in [0.717, 1.165) is 33.5 Å². The summed E-state index contributed by atoms with van der Waals surface area (Å²) in [5.41, 5.74) is 3.66. The number of pyridine rings is 1. The van der Waals surface area contributed by atoms with Crippen molar-refractivity contribution in [3.05, 3.63) is 30.2 Å². The number of likely N-dealkylation sites (N-methyl/N-ethyl adjacent to an activating group) is 1. The number of ether oxygens (including phenoxy) is 2. The Morgan fingerprint density at radius 3 is 2.60 bits per heavy atom. The highest BCUT2D eigenvalue weighted by molar-refractivity contribution is 14.2. The molecule has 0 radical (unpaired) electrons. The predicted octanol–water partition coefficient (Wildman–Crippen LogP) is 6.24. The van der Waals surface area contributed by atoms with Crippen molar-refractivity contribution in [3.63, 3.8) is 0 Å². The lowest BCUT2D eigenvalue weighted by atomic mass is 10.1. The maximum Gasteiger partial charge on any atom is 0.410 e. The maximum absolute atomic E-state index is 12.3. The highest BCUT2D eigenvalue weighted by Crippen LogP contribution is 2.36. The predicted molar refractivity (Wildman–Crippen MR) is 153 cm³/mol. The Balaban J connectivity index is 0.00000210. The summed E-state index contributed by atoms with van der Waals surface area (Å²) in [6, 6.07) is 2.00. The van der Waals surface area contributed by atoms with Crippen LogP contribution >= 0.6 is 28.4 Å². The monoisotopic (exact) mass is 614 g/mol. The van der Waals surface area contributed by atoms with Crippen LogP contribution in [-0.4, -0.2) is 60.6 Å². The molecule has 192 valence electrons. The molecule has 1 amide bonds. The minimum atomic E-state index is -0.553. The molecular formula is C24H36IN6O3P. The number of aromatic nitrogens is 5. The summed E-state index contributed by atoms with van der Waals surface area (Å²) in [6.07, 6.45) is 3.27. The van der Waals surface area contributed by atoms with Gasteiger partial charge >= 0.3 is 6.09 Å². The van der Waals surface area contributed by atoms with E-state index >= 15 is 0 Å². The van der Waals surface area contributed by atoms with Gasteiger partial charge in [-0.05, 0) is 68.8 Å².